The summed E-state index contributed by atoms with van der Waals surface area (Å²) in [7, 11) is 0. The number of furan rings is 2. The number of rotatable bonds is 5. The third-order valence-electron chi connectivity index (χ3n) is 4.11. The van der Waals surface area contributed by atoms with Crippen LogP contribution in [0, 0.1) is 5.82 Å². The minimum Gasteiger partial charge on any atom is -0.467 e. The fourth-order valence-corrected chi connectivity index (χ4v) is 2.89. The molecule has 26 heavy (non-hydrogen) atoms. The molecule has 1 N–H and O–H groups in total. The summed E-state index contributed by atoms with van der Waals surface area (Å²) in [5.74, 6) is 0.650. The first-order chi connectivity index (χ1) is 12.7. The number of hydrogen-bond acceptors (Lipinski definition) is 5. The van der Waals surface area contributed by atoms with Crippen LogP contribution < -0.4 is 5.32 Å². The molecule has 0 fully saturated rings. The van der Waals surface area contributed by atoms with Crippen molar-refractivity contribution < 1.29 is 18.0 Å². The SMILES string of the molecule is O=C(CNc1cccc(F)c1)N1N=C(c2ccco2)CC1c1ccco1. The van der Waals surface area contributed by atoms with Crippen LogP contribution >= 0.6 is 0 Å². The summed E-state index contributed by atoms with van der Waals surface area (Å²) < 4.78 is 24.1. The third-order valence-corrected chi connectivity index (χ3v) is 4.11. The molecule has 1 amide bonds. The van der Waals surface area contributed by atoms with Gasteiger partial charge in [-0.25, -0.2) is 9.40 Å². The molecule has 1 aliphatic heterocycles. The van der Waals surface area contributed by atoms with Gasteiger partial charge in [0.05, 0.1) is 19.1 Å². The Morgan fingerprint density at radius 1 is 1.19 bits per heavy atom. The van der Waals surface area contributed by atoms with Crippen LogP contribution in [-0.4, -0.2) is 23.2 Å². The Balaban J connectivity index is 1.53. The molecule has 1 atom stereocenters. The van der Waals surface area contributed by atoms with Gasteiger partial charge in [-0.05, 0) is 42.5 Å². The fraction of sp³-hybridized carbons (Fsp3) is 0.158. The zero-order valence-electron chi connectivity index (χ0n) is 13.8. The van der Waals surface area contributed by atoms with Gasteiger partial charge in [-0.2, -0.15) is 5.10 Å². The van der Waals surface area contributed by atoms with Gasteiger partial charge in [0.25, 0.3) is 5.91 Å². The van der Waals surface area contributed by atoms with Gasteiger partial charge in [0.2, 0.25) is 0 Å². The lowest BCUT2D eigenvalue weighted by molar-refractivity contribution is -0.131. The number of amides is 1. The summed E-state index contributed by atoms with van der Waals surface area (Å²) >= 11 is 0. The van der Waals surface area contributed by atoms with Crippen molar-refractivity contribution in [2.75, 3.05) is 11.9 Å². The van der Waals surface area contributed by atoms with E-state index in [4.69, 9.17) is 8.83 Å². The Bertz CT molecular complexity index is 919. The van der Waals surface area contributed by atoms with Crippen molar-refractivity contribution in [3.05, 3.63) is 78.4 Å². The van der Waals surface area contributed by atoms with Crippen LogP contribution in [0.3, 0.4) is 0 Å². The van der Waals surface area contributed by atoms with E-state index in [-0.39, 0.29) is 24.3 Å². The summed E-state index contributed by atoms with van der Waals surface area (Å²) in [6.45, 7) is -0.0183. The standard InChI is InChI=1S/C19H16FN3O3/c20-13-4-1-5-14(10-13)21-12-19(24)23-16(18-7-3-9-26-18)11-15(22-23)17-6-2-8-25-17/h1-10,16,21H,11-12H2. The van der Waals surface area contributed by atoms with Crippen LogP contribution in [-0.2, 0) is 4.79 Å². The highest BCUT2D eigenvalue weighted by Crippen LogP contribution is 2.33. The van der Waals surface area contributed by atoms with Crippen LogP contribution in [0.15, 0.2) is 75.0 Å². The first-order valence-corrected chi connectivity index (χ1v) is 8.17. The zero-order chi connectivity index (χ0) is 17.9. The molecule has 6 nitrogen and oxygen atoms in total. The van der Waals surface area contributed by atoms with E-state index < -0.39 is 0 Å². The first kappa shape index (κ1) is 16.1. The number of benzene rings is 1. The second-order valence-electron chi connectivity index (χ2n) is 5.86. The Hall–Kier alpha value is -3.35. The summed E-state index contributed by atoms with van der Waals surface area (Å²) in [4.78, 5) is 12.7. The molecule has 0 spiro atoms. The Kier molecular flexibility index (Phi) is 4.27. The van der Waals surface area contributed by atoms with Crippen molar-refractivity contribution in [3.8, 4) is 0 Å². The average molecular weight is 353 g/mol. The predicted octanol–water partition coefficient (Wildman–Crippen LogP) is 3.80. The zero-order valence-corrected chi connectivity index (χ0v) is 13.8. The molecule has 132 valence electrons. The molecule has 0 bridgehead atoms. The van der Waals surface area contributed by atoms with Crippen LogP contribution in [0.2, 0.25) is 0 Å². The van der Waals surface area contributed by atoms with Crippen molar-refractivity contribution in [2.24, 2.45) is 5.10 Å². The molecule has 1 unspecified atom stereocenters. The lowest BCUT2D eigenvalue weighted by Crippen LogP contribution is -2.32. The van der Waals surface area contributed by atoms with Crippen LogP contribution in [0.25, 0.3) is 0 Å². The summed E-state index contributed by atoms with van der Waals surface area (Å²) in [6.07, 6.45) is 3.62. The highest BCUT2D eigenvalue weighted by Gasteiger charge is 2.35. The normalized spacial score (nSPS) is 16.6. The monoisotopic (exact) mass is 353 g/mol. The lowest BCUT2D eigenvalue weighted by Gasteiger charge is -2.20. The van der Waals surface area contributed by atoms with E-state index in [1.807, 2.05) is 6.07 Å². The van der Waals surface area contributed by atoms with E-state index in [2.05, 4.69) is 10.4 Å². The molecular weight excluding hydrogens is 337 g/mol. The second-order valence-corrected chi connectivity index (χ2v) is 5.86. The largest absolute Gasteiger partial charge is 0.467 e. The number of carbonyl (C=O) groups is 1. The number of halogens is 1. The van der Waals surface area contributed by atoms with E-state index >= 15 is 0 Å². The van der Waals surface area contributed by atoms with E-state index in [9.17, 15) is 9.18 Å². The highest BCUT2D eigenvalue weighted by molar-refractivity contribution is 6.01. The molecule has 1 aliphatic rings. The molecule has 0 radical (unpaired) electrons. The van der Waals surface area contributed by atoms with Gasteiger partial charge in [-0.1, -0.05) is 6.07 Å². The van der Waals surface area contributed by atoms with Gasteiger partial charge < -0.3 is 14.2 Å². The van der Waals surface area contributed by atoms with Gasteiger partial charge in [-0.15, -0.1) is 0 Å². The second kappa shape index (κ2) is 6.87. The number of hydrazone groups is 1. The Morgan fingerprint density at radius 2 is 2.04 bits per heavy atom. The highest BCUT2D eigenvalue weighted by atomic mass is 19.1. The summed E-state index contributed by atoms with van der Waals surface area (Å²) in [5, 5.41) is 8.75. The molecule has 1 aromatic carbocycles. The topological polar surface area (TPSA) is 71.0 Å². The molecule has 0 saturated carbocycles. The number of anilines is 1. The Morgan fingerprint density at radius 3 is 2.77 bits per heavy atom. The van der Waals surface area contributed by atoms with E-state index in [0.29, 0.717) is 29.3 Å². The van der Waals surface area contributed by atoms with Gasteiger partial charge in [-0.3, -0.25) is 4.79 Å². The maximum Gasteiger partial charge on any atom is 0.262 e. The number of nitrogens with zero attached hydrogens (tertiary/aromatic N) is 2. The van der Waals surface area contributed by atoms with Crippen LogP contribution in [0.5, 0.6) is 0 Å². The molecule has 2 aromatic heterocycles. The quantitative estimate of drug-likeness (QED) is 0.757. The number of carbonyl (C=O) groups excluding carboxylic acids is 1. The van der Waals surface area contributed by atoms with E-state index in [0.717, 1.165) is 0 Å². The fourth-order valence-electron chi connectivity index (χ4n) is 2.89. The van der Waals surface area contributed by atoms with Crippen molar-refractivity contribution in [1.29, 1.82) is 0 Å². The van der Waals surface area contributed by atoms with Gasteiger partial charge in [0.1, 0.15) is 29.1 Å². The van der Waals surface area contributed by atoms with Crippen molar-refractivity contribution in [3.63, 3.8) is 0 Å². The summed E-state index contributed by atoms with van der Waals surface area (Å²) in [6, 6.07) is 12.8. The van der Waals surface area contributed by atoms with Crippen LogP contribution in [0.1, 0.15) is 24.0 Å². The molecule has 7 heteroatoms. The minimum absolute atomic E-state index is 0.0183. The smallest absolute Gasteiger partial charge is 0.262 e. The lowest BCUT2D eigenvalue weighted by atomic mass is 10.1. The molecule has 3 aromatic rings. The predicted molar refractivity (Wildman–Crippen MR) is 93.0 cm³/mol. The average Bonchev–Trinajstić information content (AvgIpc) is 3.40. The maximum absolute atomic E-state index is 13.3. The van der Waals surface area contributed by atoms with Crippen molar-refractivity contribution >= 4 is 17.3 Å². The molecule has 0 aliphatic carbocycles. The maximum atomic E-state index is 13.3. The van der Waals surface area contributed by atoms with Gasteiger partial charge in [0, 0.05) is 12.1 Å². The number of nitrogens with one attached hydrogen (secondary N) is 1. The van der Waals surface area contributed by atoms with Gasteiger partial charge >= 0.3 is 0 Å². The Labute approximate surface area is 148 Å². The third kappa shape index (κ3) is 3.23. The molecule has 4 rings (SSSR count). The molecule has 3 heterocycles. The first-order valence-electron chi connectivity index (χ1n) is 8.17. The minimum atomic E-state index is -0.366. The van der Waals surface area contributed by atoms with E-state index in [1.54, 1.807) is 42.9 Å². The molecular formula is C19H16FN3O3. The number of hydrogen-bond donors (Lipinski definition) is 1. The molecule has 0 saturated heterocycles. The van der Waals surface area contributed by atoms with E-state index in [1.165, 1.54) is 17.1 Å². The van der Waals surface area contributed by atoms with Gasteiger partial charge in [0.15, 0.2) is 0 Å². The van der Waals surface area contributed by atoms with Crippen molar-refractivity contribution in [2.45, 2.75) is 12.5 Å². The van der Waals surface area contributed by atoms with Crippen LogP contribution in [0.4, 0.5) is 10.1 Å². The summed E-state index contributed by atoms with van der Waals surface area (Å²) in [5.41, 5.74) is 1.21. The van der Waals surface area contributed by atoms with Crippen molar-refractivity contribution in [1.82, 2.24) is 5.01 Å².